The maximum atomic E-state index is 11.7. The zero-order valence-electron chi connectivity index (χ0n) is 11.3. The topological polar surface area (TPSA) is 34.1 Å². The van der Waals surface area contributed by atoms with Crippen LogP contribution in [0.25, 0.3) is 0 Å². The molecule has 0 radical (unpaired) electrons. The van der Waals surface area contributed by atoms with Crippen LogP contribution in [0.1, 0.15) is 57.4 Å². The van der Waals surface area contributed by atoms with Crippen molar-refractivity contribution in [2.75, 3.05) is 0 Å². The highest BCUT2D eigenvalue weighted by Crippen LogP contribution is 2.23. The summed E-state index contributed by atoms with van der Waals surface area (Å²) in [5.41, 5.74) is 1.06. The number of hydrogen-bond acceptors (Lipinski definition) is 2. The van der Waals surface area contributed by atoms with E-state index in [1.807, 2.05) is 37.3 Å². The fraction of sp³-hybridized carbons (Fsp3) is 0.500. The van der Waals surface area contributed by atoms with E-state index in [4.69, 9.17) is 0 Å². The van der Waals surface area contributed by atoms with Gasteiger partial charge in [0.1, 0.15) is 11.6 Å². The van der Waals surface area contributed by atoms with Gasteiger partial charge < -0.3 is 0 Å². The monoisotopic (exact) mass is 246 g/mol. The van der Waals surface area contributed by atoms with Gasteiger partial charge in [-0.1, -0.05) is 37.3 Å². The molecule has 1 aromatic rings. The molecule has 1 rings (SSSR count). The SMILES string of the molecule is CCCC(=O)CCC[C@H](C(C)=O)c1ccccc1. The summed E-state index contributed by atoms with van der Waals surface area (Å²) in [6.45, 7) is 3.64. The Kier molecular flexibility index (Phi) is 6.34. The second-order valence-corrected chi connectivity index (χ2v) is 4.75. The van der Waals surface area contributed by atoms with Crippen LogP contribution in [0.5, 0.6) is 0 Å². The average molecular weight is 246 g/mol. The van der Waals surface area contributed by atoms with Gasteiger partial charge in [0.05, 0.1) is 0 Å². The molecule has 2 nitrogen and oxygen atoms in total. The Bertz CT molecular complexity index is 381. The molecule has 0 unspecified atom stereocenters. The van der Waals surface area contributed by atoms with E-state index in [-0.39, 0.29) is 11.7 Å². The first-order valence-electron chi connectivity index (χ1n) is 6.72. The van der Waals surface area contributed by atoms with Gasteiger partial charge in [-0.2, -0.15) is 0 Å². The summed E-state index contributed by atoms with van der Waals surface area (Å²) < 4.78 is 0. The van der Waals surface area contributed by atoms with E-state index in [0.717, 1.165) is 24.8 Å². The van der Waals surface area contributed by atoms with Crippen LogP contribution < -0.4 is 0 Å². The summed E-state index contributed by atoms with van der Waals surface area (Å²) in [5, 5.41) is 0. The van der Waals surface area contributed by atoms with E-state index in [1.54, 1.807) is 6.92 Å². The third-order valence-electron chi connectivity index (χ3n) is 3.17. The zero-order valence-corrected chi connectivity index (χ0v) is 11.3. The molecule has 0 fully saturated rings. The second-order valence-electron chi connectivity index (χ2n) is 4.75. The highest BCUT2D eigenvalue weighted by Gasteiger charge is 2.16. The van der Waals surface area contributed by atoms with Crippen LogP contribution in [0, 0.1) is 0 Å². The zero-order chi connectivity index (χ0) is 13.4. The number of hydrogen-bond donors (Lipinski definition) is 0. The Labute approximate surface area is 109 Å². The number of carbonyl (C=O) groups is 2. The van der Waals surface area contributed by atoms with E-state index < -0.39 is 0 Å². The summed E-state index contributed by atoms with van der Waals surface area (Å²) in [6.07, 6.45) is 3.75. The Morgan fingerprint density at radius 2 is 1.78 bits per heavy atom. The summed E-state index contributed by atoms with van der Waals surface area (Å²) >= 11 is 0. The third-order valence-corrected chi connectivity index (χ3v) is 3.17. The molecule has 0 heterocycles. The van der Waals surface area contributed by atoms with Crippen molar-refractivity contribution in [3.63, 3.8) is 0 Å². The van der Waals surface area contributed by atoms with Crippen molar-refractivity contribution in [3.8, 4) is 0 Å². The predicted octanol–water partition coefficient (Wildman–Crippen LogP) is 3.90. The lowest BCUT2D eigenvalue weighted by molar-refractivity contribution is -0.120. The van der Waals surface area contributed by atoms with Crippen LogP contribution >= 0.6 is 0 Å². The fourth-order valence-electron chi connectivity index (χ4n) is 2.20. The quantitative estimate of drug-likeness (QED) is 0.697. The summed E-state index contributed by atoms with van der Waals surface area (Å²) in [4.78, 5) is 23.1. The fourth-order valence-corrected chi connectivity index (χ4v) is 2.20. The van der Waals surface area contributed by atoms with Crippen molar-refractivity contribution in [1.29, 1.82) is 0 Å². The minimum absolute atomic E-state index is 0.0550. The molecule has 0 aromatic heterocycles. The van der Waals surface area contributed by atoms with Gasteiger partial charge in [0.25, 0.3) is 0 Å². The predicted molar refractivity (Wildman–Crippen MR) is 73.6 cm³/mol. The van der Waals surface area contributed by atoms with Crippen LogP contribution in [0.15, 0.2) is 30.3 Å². The molecule has 18 heavy (non-hydrogen) atoms. The maximum Gasteiger partial charge on any atom is 0.137 e. The summed E-state index contributed by atoms with van der Waals surface area (Å²) in [7, 11) is 0. The molecular weight excluding hydrogens is 224 g/mol. The maximum absolute atomic E-state index is 11.7. The van der Waals surface area contributed by atoms with E-state index in [0.29, 0.717) is 18.6 Å². The molecule has 98 valence electrons. The van der Waals surface area contributed by atoms with Crippen LogP contribution in [0.4, 0.5) is 0 Å². The molecule has 0 saturated heterocycles. The third kappa shape index (κ3) is 4.82. The number of Topliss-reactive ketones (excluding diaryl/α,β-unsaturated/α-hetero) is 2. The Morgan fingerprint density at radius 3 is 2.33 bits per heavy atom. The molecule has 0 amide bonds. The number of carbonyl (C=O) groups excluding carboxylic acids is 2. The van der Waals surface area contributed by atoms with E-state index in [1.165, 1.54) is 0 Å². The van der Waals surface area contributed by atoms with Gasteiger partial charge in [0.15, 0.2) is 0 Å². The van der Waals surface area contributed by atoms with Crippen LogP contribution in [-0.4, -0.2) is 11.6 Å². The van der Waals surface area contributed by atoms with Crippen molar-refractivity contribution < 1.29 is 9.59 Å². The minimum Gasteiger partial charge on any atom is -0.300 e. The molecule has 0 aliphatic carbocycles. The number of benzene rings is 1. The van der Waals surface area contributed by atoms with Crippen LogP contribution in [0.3, 0.4) is 0 Å². The lowest BCUT2D eigenvalue weighted by Crippen LogP contribution is -2.09. The summed E-state index contributed by atoms with van der Waals surface area (Å²) in [6, 6.07) is 9.83. The first-order chi connectivity index (χ1) is 8.65. The molecule has 0 aliphatic heterocycles. The largest absolute Gasteiger partial charge is 0.300 e. The van der Waals surface area contributed by atoms with Gasteiger partial charge in [-0.25, -0.2) is 0 Å². The Balaban J connectivity index is 2.50. The van der Waals surface area contributed by atoms with E-state index >= 15 is 0 Å². The van der Waals surface area contributed by atoms with Gasteiger partial charge in [0, 0.05) is 18.8 Å². The van der Waals surface area contributed by atoms with Crippen molar-refractivity contribution >= 4 is 11.6 Å². The highest BCUT2D eigenvalue weighted by atomic mass is 16.1. The highest BCUT2D eigenvalue weighted by molar-refractivity contribution is 5.83. The Morgan fingerprint density at radius 1 is 1.11 bits per heavy atom. The second kappa shape index (κ2) is 7.80. The molecule has 2 heteroatoms. The van der Waals surface area contributed by atoms with Gasteiger partial charge in [-0.3, -0.25) is 9.59 Å². The van der Waals surface area contributed by atoms with Gasteiger partial charge in [-0.05, 0) is 31.7 Å². The van der Waals surface area contributed by atoms with Crippen molar-refractivity contribution in [2.45, 2.75) is 51.9 Å². The first-order valence-corrected chi connectivity index (χ1v) is 6.72. The van der Waals surface area contributed by atoms with Crippen molar-refractivity contribution in [1.82, 2.24) is 0 Å². The van der Waals surface area contributed by atoms with E-state index in [2.05, 4.69) is 0 Å². The van der Waals surface area contributed by atoms with E-state index in [9.17, 15) is 9.59 Å². The molecule has 1 atom stereocenters. The lowest BCUT2D eigenvalue weighted by Gasteiger charge is -2.13. The lowest BCUT2D eigenvalue weighted by atomic mass is 9.90. The first kappa shape index (κ1) is 14.6. The molecule has 0 N–H and O–H groups in total. The van der Waals surface area contributed by atoms with Gasteiger partial charge in [-0.15, -0.1) is 0 Å². The molecule has 0 saturated carbocycles. The Hall–Kier alpha value is -1.44. The van der Waals surface area contributed by atoms with Crippen molar-refractivity contribution in [3.05, 3.63) is 35.9 Å². The molecule has 1 aromatic carbocycles. The molecule has 0 aliphatic rings. The van der Waals surface area contributed by atoms with Crippen LogP contribution in [0.2, 0.25) is 0 Å². The molecule has 0 bridgehead atoms. The molecule has 0 spiro atoms. The average Bonchev–Trinajstić information content (AvgIpc) is 2.35. The normalized spacial score (nSPS) is 12.1. The molecular formula is C16H22O2. The van der Waals surface area contributed by atoms with Gasteiger partial charge in [0.2, 0.25) is 0 Å². The number of rotatable bonds is 8. The smallest absolute Gasteiger partial charge is 0.137 e. The van der Waals surface area contributed by atoms with Crippen LogP contribution in [-0.2, 0) is 9.59 Å². The number of ketones is 2. The standard InChI is InChI=1S/C16H22O2/c1-3-8-15(18)11-7-12-16(13(2)17)14-9-5-4-6-10-14/h4-6,9-10,16H,3,7-8,11-12H2,1-2H3/t16-/m1/s1. The van der Waals surface area contributed by atoms with Crippen molar-refractivity contribution in [2.24, 2.45) is 0 Å². The summed E-state index contributed by atoms with van der Waals surface area (Å²) in [5.74, 6) is 0.442. The van der Waals surface area contributed by atoms with Gasteiger partial charge >= 0.3 is 0 Å². The minimum atomic E-state index is -0.0550.